The van der Waals surface area contributed by atoms with Gasteiger partial charge < -0.3 is 0 Å². The number of benzene rings is 1. The van der Waals surface area contributed by atoms with Gasteiger partial charge in [0.15, 0.2) is 5.78 Å². The van der Waals surface area contributed by atoms with Crippen molar-refractivity contribution in [3.05, 3.63) is 34.9 Å². The molecule has 0 saturated heterocycles. The Hall–Kier alpha value is -0.860. The Balaban J connectivity index is 1.92. The van der Waals surface area contributed by atoms with Crippen LogP contribution in [0.15, 0.2) is 24.3 Å². The number of ketones is 1. The van der Waals surface area contributed by atoms with Crippen molar-refractivity contribution in [2.45, 2.75) is 26.2 Å². The highest BCUT2D eigenvalue weighted by Crippen LogP contribution is 2.29. The Morgan fingerprint density at radius 2 is 2.00 bits per heavy atom. The summed E-state index contributed by atoms with van der Waals surface area (Å²) in [7, 11) is 0. The Labute approximate surface area is 114 Å². The molecule has 0 amide bonds. The summed E-state index contributed by atoms with van der Waals surface area (Å²) in [4.78, 5) is 14.4. The van der Waals surface area contributed by atoms with Crippen molar-refractivity contribution in [2.24, 2.45) is 5.92 Å². The van der Waals surface area contributed by atoms with Crippen LogP contribution >= 0.6 is 11.6 Å². The van der Waals surface area contributed by atoms with Crippen LogP contribution in [0.5, 0.6) is 0 Å². The second-order valence-electron chi connectivity index (χ2n) is 5.11. The monoisotopic (exact) mass is 265 g/mol. The molecule has 0 bridgehead atoms. The standard InChI is InChI=1S/C15H20ClNO/c1-2-9-17(10-12-3-4-12)11-15(18)13-5-7-14(16)8-6-13/h5-8,12H,2-4,9-11H2,1H3. The number of Topliss-reactive ketones (excluding diaryl/α,β-unsaturated/α-hetero) is 1. The average molecular weight is 266 g/mol. The number of nitrogens with zero attached hydrogens (tertiary/aromatic N) is 1. The van der Waals surface area contributed by atoms with Gasteiger partial charge >= 0.3 is 0 Å². The molecule has 2 nitrogen and oxygen atoms in total. The molecule has 0 N–H and O–H groups in total. The SMILES string of the molecule is CCCN(CC(=O)c1ccc(Cl)cc1)CC1CC1. The van der Waals surface area contributed by atoms with Gasteiger partial charge in [0.2, 0.25) is 0 Å². The van der Waals surface area contributed by atoms with Gasteiger partial charge in [0.25, 0.3) is 0 Å². The molecule has 1 saturated carbocycles. The number of carbonyl (C=O) groups excluding carboxylic acids is 1. The van der Waals surface area contributed by atoms with Gasteiger partial charge in [-0.25, -0.2) is 0 Å². The van der Waals surface area contributed by atoms with Crippen LogP contribution in [-0.4, -0.2) is 30.3 Å². The van der Waals surface area contributed by atoms with E-state index in [4.69, 9.17) is 11.6 Å². The van der Waals surface area contributed by atoms with Gasteiger partial charge in [0, 0.05) is 17.1 Å². The number of hydrogen-bond acceptors (Lipinski definition) is 2. The summed E-state index contributed by atoms with van der Waals surface area (Å²) < 4.78 is 0. The van der Waals surface area contributed by atoms with Crippen LogP contribution in [-0.2, 0) is 0 Å². The second-order valence-corrected chi connectivity index (χ2v) is 5.54. The zero-order valence-electron chi connectivity index (χ0n) is 10.9. The van der Waals surface area contributed by atoms with Gasteiger partial charge in [0.05, 0.1) is 6.54 Å². The van der Waals surface area contributed by atoms with Crippen LogP contribution in [0.1, 0.15) is 36.5 Å². The van der Waals surface area contributed by atoms with Gasteiger partial charge in [-0.3, -0.25) is 9.69 Å². The molecule has 0 spiro atoms. The summed E-state index contributed by atoms with van der Waals surface area (Å²) in [5.74, 6) is 1.02. The third-order valence-electron chi connectivity index (χ3n) is 3.29. The molecule has 0 atom stereocenters. The number of carbonyl (C=O) groups is 1. The van der Waals surface area contributed by atoms with Crippen LogP contribution < -0.4 is 0 Å². The first-order valence-corrected chi connectivity index (χ1v) is 7.08. The molecule has 1 aliphatic carbocycles. The van der Waals surface area contributed by atoms with E-state index < -0.39 is 0 Å². The molecule has 3 heteroatoms. The Morgan fingerprint density at radius 1 is 1.33 bits per heavy atom. The van der Waals surface area contributed by atoms with Gasteiger partial charge in [-0.2, -0.15) is 0 Å². The van der Waals surface area contributed by atoms with Crippen molar-refractivity contribution in [3.63, 3.8) is 0 Å². The fourth-order valence-electron chi connectivity index (χ4n) is 2.15. The number of halogens is 1. The van der Waals surface area contributed by atoms with E-state index >= 15 is 0 Å². The summed E-state index contributed by atoms with van der Waals surface area (Å²) in [6.07, 6.45) is 3.76. The lowest BCUT2D eigenvalue weighted by molar-refractivity contribution is 0.0927. The Morgan fingerprint density at radius 3 is 2.56 bits per heavy atom. The molecule has 1 aromatic carbocycles. The second kappa shape index (κ2) is 6.35. The first-order valence-electron chi connectivity index (χ1n) is 6.70. The number of hydrogen-bond donors (Lipinski definition) is 0. The van der Waals surface area contributed by atoms with E-state index in [-0.39, 0.29) is 5.78 Å². The lowest BCUT2D eigenvalue weighted by atomic mass is 10.1. The maximum absolute atomic E-state index is 12.2. The Bertz CT molecular complexity index is 397. The minimum absolute atomic E-state index is 0.195. The third-order valence-corrected chi connectivity index (χ3v) is 3.54. The summed E-state index contributed by atoms with van der Waals surface area (Å²) >= 11 is 5.83. The van der Waals surface area contributed by atoms with Crippen molar-refractivity contribution in [1.29, 1.82) is 0 Å². The highest BCUT2D eigenvalue weighted by atomic mass is 35.5. The summed E-state index contributed by atoms with van der Waals surface area (Å²) in [5, 5.41) is 0.676. The van der Waals surface area contributed by atoms with Crippen LogP contribution in [0.4, 0.5) is 0 Å². The van der Waals surface area contributed by atoms with Crippen molar-refractivity contribution >= 4 is 17.4 Å². The van der Waals surface area contributed by atoms with Crippen LogP contribution in [0.25, 0.3) is 0 Å². The molecule has 98 valence electrons. The minimum atomic E-state index is 0.195. The average Bonchev–Trinajstić information content (AvgIpc) is 3.14. The molecule has 1 aliphatic rings. The molecule has 0 radical (unpaired) electrons. The van der Waals surface area contributed by atoms with Crippen LogP contribution in [0.2, 0.25) is 5.02 Å². The summed E-state index contributed by atoms with van der Waals surface area (Å²) in [6.45, 7) is 4.78. The smallest absolute Gasteiger partial charge is 0.176 e. The lowest BCUT2D eigenvalue weighted by Crippen LogP contribution is -2.32. The van der Waals surface area contributed by atoms with Gasteiger partial charge in [-0.05, 0) is 56.0 Å². The molecular formula is C15H20ClNO. The van der Waals surface area contributed by atoms with Gasteiger partial charge in [-0.15, -0.1) is 0 Å². The molecule has 2 rings (SSSR count). The van der Waals surface area contributed by atoms with E-state index in [2.05, 4.69) is 11.8 Å². The van der Waals surface area contributed by atoms with Crippen molar-refractivity contribution in [2.75, 3.05) is 19.6 Å². The lowest BCUT2D eigenvalue weighted by Gasteiger charge is -2.20. The maximum Gasteiger partial charge on any atom is 0.176 e. The van der Waals surface area contributed by atoms with E-state index in [1.165, 1.54) is 12.8 Å². The molecule has 0 heterocycles. The minimum Gasteiger partial charge on any atom is -0.296 e. The first-order chi connectivity index (χ1) is 8.69. The molecule has 0 aromatic heterocycles. The van der Waals surface area contributed by atoms with Crippen molar-refractivity contribution in [3.8, 4) is 0 Å². The summed E-state index contributed by atoms with van der Waals surface area (Å²) in [6, 6.07) is 7.18. The Kier molecular flexibility index (Phi) is 4.79. The highest BCUT2D eigenvalue weighted by Gasteiger charge is 2.25. The zero-order chi connectivity index (χ0) is 13.0. The predicted octanol–water partition coefficient (Wildman–Crippen LogP) is 3.64. The van der Waals surface area contributed by atoms with E-state index in [1.54, 1.807) is 12.1 Å². The van der Waals surface area contributed by atoms with Crippen molar-refractivity contribution < 1.29 is 4.79 Å². The van der Waals surface area contributed by atoms with Gasteiger partial charge in [-0.1, -0.05) is 18.5 Å². The molecule has 1 aromatic rings. The molecule has 0 aliphatic heterocycles. The third kappa shape index (κ3) is 4.11. The molecule has 18 heavy (non-hydrogen) atoms. The van der Waals surface area contributed by atoms with Crippen LogP contribution in [0.3, 0.4) is 0 Å². The highest BCUT2D eigenvalue weighted by molar-refractivity contribution is 6.30. The summed E-state index contributed by atoms with van der Waals surface area (Å²) in [5.41, 5.74) is 0.760. The van der Waals surface area contributed by atoms with E-state index in [0.29, 0.717) is 11.6 Å². The van der Waals surface area contributed by atoms with Gasteiger partial charge in [0.1, 0.15) is 0 Å². The van der Waals surface area contributed by atoms with E-state index in [1.807, 2.05) is 12.1 Å². The molecular weight excluding hydrogens is 246 g/mol. The topological polar surface area (TPSA) is 20.3 Å². The fraction of sp³-hybridized carbons (Fsp3) is 0.533. The van der Waals surface area contributed by atoms with Crippen LogP contribution in [0, 0.1) is 5.92 Å². The van der Waals surface area contributed by atoms with Crippen molar-refractivity contribution in [1.82, 2.24) is 4.90 Å². The molecule has 1 fully saturated rings. The number of rotatable bonds is 7. The largest absolute Gasteiger partial charge is 0.296 e. The first kappa shape index (κ1) is 13.6. The normalized spacial score (nSPS) is 15.1. The maximum atomic E-state index is 12.2. The van der Waals surface area contributed by atoms with E-state index in [9.17, 15) is 4.79 Å². The molecule has 0 unspecified atom stereocenters. The zero-order valence-corrected chi connectivity index (χ0v) is 11.6. The fourth-order valence-corrected chi connectivity index (χ4v) is 2.27. The predicted molar refractivity (Wildman–Crippen MR) is 75.2 cm³/mol. The van der Waals surface area contributed by atoms with E-state index in [0.717, 1.165) is 31.0 Å². The quantitative estimate of drug-likeness (QED) is 0.702.